The van der Waals surface area contributed by atoms with E-state index in [4.69, 9.17) is 15.0 Å². The molecular formula is C68H43N3. The first kappa shape index (κ1) is 40.7. The van der Waals surface area contributed by atoms with Gasteiger partial charge in [0, 0.05) is 16.7 Å². The molecule has 0 aliphatic heterocycles. The normalized spacial score (nSPS) is 12.6. The van der Waals surface area contributed by atoms with Crippen molar-refractivity contribution in [1.29, 1.82) is 0 Å². The Morgan fingerprint density at radius 2 is 0.732 bits per heavy atom. The van der Waals surface area contributed by atoms with E-state index in [-0.39, 0.29) is 0 Å². The van der Waals surface area contributed by atoms with Gasteiger partial charge in [0.15, 0.2) is 17.5 Å². The molecule has 1 aromatic heterocycles. The van der Waals surface area contributed by atoms with Crippen molar-refractivity contribution in [2.75, 3.05) is 0 Å². The van der Waals surface area contributed by atoms with Crippen LogP contribution in [0.25, 0.3) is 111 Å². The maximum absolute atomic E-state index is 5.61. The predicted molar refractivity (Wildman–Crippen MR) is 294 cm³/mol. The van der Waals surface area contributed by atoms with E-state index in [0.717, 1.165) is 44.2 Å². The van der Waals surface area contributed by atoms with Crippen molar-refractivity contribution in [3.05, 3.63) is 283 Å². The second kappa shape index (κ2) is 16.4. The summed E-state index contributed by atoms with van der Waals surface area (Å²) < 4.78 is 0. The number of hydrogen-bond donors (Lipinski definition) is 0. The van der Waals surface area contributed by atoms with E-state index in [1.807, 2.05) is 0 Å². The first-order chi connectivity index (χ1) is 35.2. The third kappa shape index (κ3) is 6.33. The lowest BCUT2D eigenvalue weighted by molar-refractivity contribution is 0.768. The van der Waals surface area contributed by atoms with Gasteiger partial charge in [-0.25, -0.2) is 15.0 Å². The van der Waals surface area contributed by atoms with Crippen LogP contribution in [0.3, 0.4) is 0 Å². The van der Waals surface area contributed by atoms with E-state index >= 15 is 0 Å². The molecule has 0 radical (unpaired) electrons. The largest absolute Gasteiger partial charge is 0.208 e. The number of aromatic nitrogens is 3. The van der Waals surface area contributed by atoms with E-state index in [1.165, 1.54) is 71.3 Å². The molecule has 0 bridgehead atoms. The molecule has 0 saturated carbocycles. The highest BCUT2D eigenvalue weighted by molar-refractivity contribution is 6.23. The molecule has 12 aromatic carbocycles. The monoisotopic (exact) mass is 901 g/mol. The molecule has 1 aliphatic carbocycles. The van der Waals surface area contributed by atoms with Crippen LogP contribution < -0.4 is 0 Å². The maximum atomic E-state index is 5.61. The Kier molecular flexibility index (Phi) is 9.43. The predicted octanol–water partition coefficient (Wildman–Crippen LogP) is 17.2. The molecule has 0 unspecified atom stereocenters. The van der Waals surface area contributed by atoms with Crippen molar-refractivity contribution in [3.8, 4) is 67.5 Å². The number of fused-ring (bicyclic) bond motifs is 8. The fraction of sp³-hybridized carbons (Fsp3) is 0.0147. The zero-order valence-corrected chi connectivity index (χ0v) is 38.7. The molecule has 3 nitrogen and oxygen atoms in total. The molecule has 3 heteroatoms. The van der Waals surface area contributed by atoms with Gasteiger partial charge in [-0.1, -0.05) is 249 Å². The summed E-state index contributed by atoms with van der Waals surface area (Å²) in [6.07, 6.45) is 0. The third-order valence-corrected chi connectivity index (χ3v) is 14.8. The van der Waals surface area contributed by atoms with Gasteiger partial charge >= 0.3 is 0 Å². The van der Waals surface area contributed by atoms with Crippen LogP contribution in [0.2, 0.25) is 0 Å². The first-order valence-corrected chi connectivity index (χ1v) is 24.4. The maximum Gasteiger partial charge on any atom is 0.164 e. The van der Waals surface area contributed by atoms with Gasteiger partial charge < -0.3 is 0 Å². The SMILES string of the molecule is c1ccc(-c2ccccc2-c2nc(-c3cccc4c3-c3ccccc3C4(c3ccccc3)c3ccccc3)nc(-c3ccc(-c4c5ccccc5cc5c4ccc4ccccc45)c4ccccc34)n2)cc1. The Bertz CT molecular complexity index is 4180. The van der Waals surface area contributed by atoms with Gasteiger partial charge in [0.1, 0.15) is 0 Å². The lowest BCUT2D eigenvalue weighted by Gasteiger charge is -2.33. The summed E-state index contributed by atoms with van der Waals surface area (Å²) in [4.78, 5) is 16.7. The highest BCUT2D eigenvalue weighted by atomic mass is 15.0. The Balaban J connectivity index is 1.05. The van der Waals surface area contributed by atoms with Crippen molar-refractivity contribution in [3.63, 3.8) is 0 Å². The Morgan fingerprint density at radius 3 is 1.45 bits per heavy atom. The average molecular weight is 902 g/mol. The Morgan fingerprint density at radius 1 is 0.239 bits per heavy atom. The van der Waals surface area contributed by atoms with Crippen LogP contribution in [0.15, 0.2) is 261 Å². The average Bonchev–Trinajstić information content (AvgIpc) is 3.76. The van der Waals surface area contributed by atoms with Crippen LogP contribution in [0, 0.1) is 0 Å². The smallest absolute Gasteiger partial charge is 0.164 e. The summed E-state index contributed by atoms with van der Waals surface area (Å²) in [6.45, 7) is 0. The molecule has 0 fully saturated rings. The van der Waals surface area contributed by atoms with E-state index < -0.39 is 5.41 Å². The van der Waals surface area contributed by atoms with E-state index in [2.05, 4.69) is 261 Å². The summed E-state index contributed by atoms with van der Waals surface area (Å²) in [6, 6.07) is 94.2. The summed E-state index contributed by atoms with van der Waals surface area (Å²) in [5.41, 5.74) is 14.0. The molecule has 13 aromatic rings. The Hall–Kier alpha value is -9.31. The first-order valence-electron chi connectivity index (χ1n) is 24.4. The minimum absolute atomic E-state index is 0.576. The second-order valence-electron chi connectivity index (χ2n) is 18.5. The highest BCUT2D eigenvalue weighted by Crippen LogP contribution is 2.58. The topological polar surface area (TPSA) is 38.7 Å². The summed E-state index contributed by atoms with van der Waals surface area (Å²) in [5.74, 6) is 1.85. The quantitative estimate of drug-likeness (QED) is 0.118. The Labute approximate surface area is 412 Å². The van der Waals surface area contributed by atoms with Gasteiger partial charge in [-0.2, -0.15) is 0 Å². The van der Waals surface area contributed by atoms with Gasteiger partial charge in [-0.05, 0) is 111 Å². The van der Waals surface area contributed by atoms with Gasteiger partial charge in [0.05, 0.1) is 5.41 Å². The number of hydrogen-bond acceptors (Lipinski definition) is 3. The minimum Gasteiger partial charge on any atom is -0.208 e. The summed E-state index contributed by atoms with van der Waals surface area (Å²) in [5, 5.41) is 9.58. The van der Waals surface area contributed by atoms with E-state index in [9.17, 15) is 0 Å². The van der Waals surface area contributed by atoms with Crippen LogP contribution >= 0.6 is 0 Å². The third-order valence-electron chi connectivity index (χ3n) is 14.8. The molecule has 0 spiro atoms. The second-order valence-corrected chi connectivity index (χ2v) is 18.5. The van der Waals surface area contributed by atoms with Gasteiger partial charge in [-0.3, -0.25) is 0 Å². The lowest BCUT2D eigenvalue weighted by Crippen LogP contribution is -2.28. The molecule has 71 heavy (non-hydrogen) atoms. The fourth-order valence-electron chi connectivity index (χ4n) is 11.8. The van der Waals surface area contributed by atoms with Gasteiger partial charge in [0.25, 0.3) is 0 Å². The van der Waals surface area contributed by atoms with Crippen LogP contribution in [-0.2, 0) is 5.41 Å². The van der Waals surface area contributed by atoms with Crippen LogP contribution in [0.1, 0.15) is 22.3 Å². The van der Waals surface area contributed by atoms with Crippen molar-refractivity contribution in [2.45, 2.75) is 5.41 Å². The lowest BCUT2D eigenvalue weighted by atomic mass is 9.67. The summed E-state index contributed by atoms with van der Waals surface area (Å²) >= 11 is 0. The molecule has 0 amide bonds. The zero-order chi connectivity index (χ0) is 46.9. The molecule has 1 aliphatic rings. The van der Waals surface area contributed by atoms with Crippen molar-refractivity contribution < 1.29 is 0 Å². The van der Waals surface area contributed by atoms with Crippen LogP contribution in [0.5, 0.6) is 0 Å². The minimum atomic E-state index is -0.576. The van der Waals surface area contributed by atoms with Crippen LogP contribution in [-0.4, -0.2) is 15.0 Å². The molecule has 0 saturated heterocycles. The van der Waals surface area contributed by atoms with E-state index in [1.54, 1.807) is 0 Å². The van der Waals surface area contributed by atoms with Gasteiger partial charge in [-0.15, -0.1) is 0 Å². The molecule has 330 valence electrons. The van der Waals surface area contributed by atoms with Gasteiger partial charge in [0.2, 0.25) is 0 Å². The van der Waals surface area contributed by atoms with E-state index in [0.29, 0.717) is 17.5 Å². The van der Waals surface area contributed by atoms with Crippen molar-refractivity contribution in [2.24, 2.45) is 0 Å². The highest BCUT2D eigenvalue weighted by Gasteiger charge is 2.47. The number of nitrogens with zero attached hydrogens (tertiary/aromatic N) is 3. The molecule has 1 heterocycles. The molecular weight excluding hydrogens is 859 g/mol. The molecule has 0 atom stereocenters. The number of rotatable bonds is 7. The van der Waals surface area contributed by atoms with Crippen LogP contribution in [0.4, 0.5) is 0 Å². The summed E-state index contributed by atoms with van der Waals surface area (Å²) in [7, 11) is 0. The fourth-order valence-corrected chi connectivity index (χ4v) is 11.8. The standard InChI is InChI=1S/C68H43N3/c1-4-21-44(22-5-1)49-29-14-17-34-56(49)65-69-66(57-42-41-54(52-32-15-16-33-53(52)57)63-51-31-13-11-24-46(51)43-60-50-30-12-10-23-45(50)39-40-55(60)63)71-67(70-65)59-36-20-38-62-64(59)58-35-18-19-37-61(58)68(62,47-25-6-2-7-26-47)48-27-8-3-9-28-48/h1-43H. The molecule has 0 N–H and O–H groups in total. The zero-order valence-electron chi connectivity index (χ0n) is 38.7. The number of benzene rings is 12. The van der Waals surface area contributed by atoms with Crippen molar-refractivity contribution >= 4 is 43.1 Å². The van der Waals surface area contributed by atoms with Crippen molar-refractivity contribution in [1.82, 2.24) is 15.0 Å². The molecule has 14 rings (SSSR count).